The normalized spacial score (nSPS) is 10.8. The molecular formula is C21H15BrCl2N2O2. The van der Waals surface area contributed by atoms with E-state index in [-0.39, 0.29) is 5.91 Å². The first-order valence-corrected chi connectivity index (χ1v) is 9.82. The third-order valence-corrected chi connectivity index (χ3v) is 5.02. The van der Waals surface area contributed by atoms with Crippen molar-refractivity contribution in [3.05, 3.63) is 97.9 Å². The van der Waals surface area contributed by atoms with Crippen molar-refractivity contribution in [2.45, 2.75) is 6.61 Å². The summed E-state index contributed by atoms with van der Waals surface area (Å²) in [5.74, 6) is 0.369. The fourth-order valence-corrected chi connectivity index (χ4v) is 3.14. The Morgan fingerprint density at radius 3 is 2.54 bits per heavy atom. The summed E-state index contributed by atoms with van der Waals surface area (Å²) >= 11 is 15.4. The van der Waals surface area contributed by atoms with E-state index in [0.717, 1.165) is 15.6 Å². The molecule has 0 aliphatic carbocycles. The van der Waals surface area contributed by atoms with Crippen LogP contribution >= 0.6 is 39.1 Å². The lowest BCUT2D eigenvalue weighted by Crippen LogP contribution is -2.17. The third kappa shape index (κ3) is 5.58. The van der Waals surface area contributed by atoms with Crippen LogP contribution in [0.5, 0.6) is 5.75 Å². The van der Waals surface area contributed by atoms with Crippen molar-refractivity contribution in [1.29, 1.82) is 0 Å². The van der Waals surface area contributed by atoms with Crippen LogP contribution in [0.25, 0.3) is 0 Å². The minimum Gasteiger partial charge on any atom is -0.488 e. The Kier molecular flexibility index (Phi) is 7.09. The molecule has 0 bridgehead atoms. The van der Waals surface area contributed by atoms with Crippen LogP contribution in [-0.2, 0) is 6.61 Å². The highest BCUT2D eigenvalue weighted by Gasteiger charge is 2.06. The van der Waals surface area contributed by atoms with Gasteiger partial charge in [0.25, 0.3) is 5.91 Å². The predicted octanol–water partition coefficient (Wildman–Crippen LogP) is 6.10. The molecule has 0 fully saturated rings. The Hall–Kier alpha value is -2.34. The lowest BCUT2D eigenvalue weighted by molar-refractivity contribution is 0.0955. The smallest absolute Gasteiger partial charge is 0.271 e. The largest absolute Gasteiger partial charge is 0.488 e. The van der Waals surface area contributed by atoms with Crippen LogP contribution in [0.4, 0.5) is 0 Å². The standard InChI is InChI=1S/C21H15BrCl2N2O2/c22-18-11-14(12-25-26-21(27)15-6-8-17(23)9-7-15)5-10-20(18)28-13-16-3-1-2-4-19(16)24/h1-12H,13H2,(H,26,27)/b25-12-. The van der Waals surface area contributed by atoms with Crippen molar-refractivity contribution in [1.82, 2.24) is 5.43 Å². The lowest BCUT2D eigenvalue weighted by atomic mass is 10.2. The molecule has 0 atom stereocenters. The van der Waals surface area contributed by atoms with E-state index in [1.54, 1.807) is 30.5 Å². The average Bonchev–Trinajstić information content (AvgIpc) is 2.69. The molecule has 0 aliphatic rings. The third-order valence-electron chi connectivity index (χ3n) is 3.78. The molecule has 1 amide bonds. The van der Waals surface area contributed by atoms with Gasteiger partial charge in [-0.1, -0.05) is 41.4 Å². The van der Waals surface area contributed by atoms with E-state index in [2.05, 4.69) is 26.5 Å². The zero-order valence-corrected chi connectivity index (χ0v) is 17.6. The maximum atomic E-state index is 12.0. The van der Waals surface area contributed by atoms with E-state index < -0.39 is 0 Å². The first-order valence-electron chi connectivity index (χ1n) is 8.27. The summed E-state index contributed by atoms with van der Waals surface area (Å²) in [6.07, 6.45) is 1.55. The van der Waals surface area contributed by atoms with Crippen molar-refractivity contribution in [2.75, 3.05) is 0 Å². The summed E-state index contributed by atoms with van der Waals surface area (Å²) in [5, 5.41) is 5.22. The van der Waals surface area contributed by atoms with Gasteiger partial charge in [0.1, 0.15) is 12.4 Å². The summed E-state index contributed by atoms with van der Waals surface area (Å²) in [5.41, 5.74) is 4.67. The van der Waals surface area contributed by atoms with E-state index in [4.69, 9.17) is 27.9 Å². The molecule has 7 heteroatoms. The number of hydrogen-bond donors (Lipinski definition) is 1. The number of carbonyl (C=O) groups is 1. The summed E-state index contributed by atoms with van der Waals surface area (Å²) in [6, 6.07) is 19.6. The molecule has 3 rings (SSSR count). The molecule has 142 valence electrons. The second kappa shape index (κ2) is 9.73. The van der Waals surface area contributed by atoms with Gasteiger partial charge in [-0.15, -0.1) is 0 Å². The maximum Gasteiger partial charge on any atom is 0.271 e. The number of benzene rings is 3. The van der Waals surface area contributed by atoms with Gasteiger partial charge in [0, 0.05) is 21.2 Å². The van der Waals surface area contributed by atoms with Crippen molar-refractivity contribution < 1.29 is 9.53 Å². The maximum absolute atomic E-state index is 12.0. The van der Waals surface area contributed by atoms with Gasteiger partial charge >= 0.3 is 0 Å². The zero-order valence-electron chi connectivity index (χ0n) is 14.5. The molecule has 0 radical (unpaired) electrons. The molecule has 0 unspecified atom stereocenters. The molecule has 3 aromatic carbocycles. The Balaban J connectivity index is 1.59. The molecule has 28 heavy (non-hydrogen) atoms. The van der Waals surface area contributed by atoms with E-state index in [0.29, 0.717) is 28.0 Å². The average molecular weight is 478 g/mol. The SMILES string of the molecule is O=C(N/N=C\c1ccc(OCc2ccccc2Cl)c(Br)c1)c1ccc(Cl)cc1. The molecule has 0 saturated carbocycles. The number of rotatable bonds is 6. The quantitative estimate of drug-likeness (QED) is 0.344. The highest BCUT2D eigenvalue weighted by Crippen LogP contribution is 2.27. The highest BCUT2D eigenvalue weighted by molar-refractivity contribution is 9.10. The van der Waals surface area contributed by atoms with E-state index in [1.807, 2.05) is 42.5 Å². The van der Waals surface area contributed by atoms with Crippen molar-refractivity contribution >= 4 is 51.3 Å². The summed E-state index contributed by atoms with van der Waals surface area (Å²) in [4.78, 5) is 12.0. The number of nitrogens with zero attached hydrogens (tertiary/aromatic N) is 1. The summed E-state index contributed by atoms with van der Waals surface area (Å²) < 4.78 is 6.58. The second-order valence-corrected chi connectivity index (χ2v) is 7.47. The van der Waals surface area contributed by atoms with E-state index >= 15 is 0 Å². The van der Waals surface area contributed by atoms with Gasteiger partial charge < -0.3 is 4.74 Å². The minimum absolute atomic E-state index is 0.313. The Bertz CT molecular complexity index is 1010. The second-order valence-electron chi connectivity index (χ2n) is 5.78. The van der Waals surface area contributed by atoms with Crippen LogP contribution < -0.4 is 10.2 Å². The number of hydrogen-bond acceptors (Lipinski definition) is 3. The fraction of sp³-hybridized carbons (Fsp3) is 0.0476. The number of hydrazone groups is 1. The molecular weight excluding hydrogens is 463 g/mol. The van der Waals surface area contributed by atoms with Crippen LogP contribution in [-0.4, -0.2) is 12.1 Å². The molecule has 0 spiro atoms. The van der Waals surface area contributed by atoms with Crippen LogP contribution in [0.15, 0.2) is 76.3 Å². The molecule has 0 saturated heterocycles. The van der Waals surface area contributed by atoms with Gasteiger partial charge in [0.05, 0.1) is 10.7 Å². The predicted molar refractivity (Wildman–Crippen MR) is 116 cm³/mol. The van der Waals surface area contributed by atoms with Crippen molar-refractivity contribution in [3.8, 4) is 5.75 Å². The molecule has 0 heterocycles. The van der Waals surface area contributed by atoms with Crippen molar-refractivity contribution in [3.63, 3.8) is 0 Å². The Morgan fingerprint density at radius 1 is 1.07 bits per heavy atom. The number of halogens is 3. The monoisotopic (exact) mass is 476 g/mol. The van der Waals surface area contributed by atoms with Crippen LogP contribution in [0.1, 0.15) is 21.5 Å². The van der Waals surface area contributed by atoms with Gasteiger partial charge in [0.15, 0.2) is 0 Å². The van der Waals surface area contributed by atoms with E-state index in [1.165, 1.54) is 0 Å². The molecule has 3 aromatic rings. The minimum atomic E-state index is -0.313. The first kappa shape index (κ1) is 20.4. The van der Waals surface area contributed by atoms with Gasteiger partial charge in [-0.05, 0) is 70.0 Å². The fourth-order valence-electron chi connectivity index (χ4n) is 2.32. The number of amides is 1. The highest BCUT2D eigenvalue weighted by atomic mass is 79.9. The molecule has 0 aromatic heterocycles. The molecule has 1 N–H and O–H groups in total. The first-order chi connectivity index (χ1) is 13.5. The van der Waals surface area contributed by atoms with Gasteiger partial charge in [-0.2, -0.15) is 5.10 Å². The summed E-state index contributed by atoms with van der Waals surface area (Å²) in [6.45, 7) is 0.364. The van der Waals surface area contributed by atoms with Gasteiger partial charge in [-0.3, -0.25) is 4.79 Å². The summed E-state index contributed by atoms with van der Waals surface area (Å²) in [7, 11) is 0. The van der Waals surface area contributed by atoms with E-state index in [9.17, 15) is 4.79 Å². The number of nitrogens with one attached hydrogen (secondary N) is 1. The Labute approximate surface area is 181 Å². The van der Waals surface area contributed by atoms with Gasteiger partial charge in [-0.25, -0.2) is 5.43 Å². The van der Waals surface area contributed by atoms with Crippen molar-refractivity contribution in [2.24, 2.45) is 5.10 Å². The Morgan fingerprint density at radius 2 is 1.82 bits per heavy atom. The van der Waals surface area contributed by atoms with Gasteiger partial charge in [0.2, 0.25) is 0 Å². The lowest BCUT2D eigenvalue weighted by Gasteiger charge is -2.10. The van der Waals surface area contributed by atoms with Crippen LogP contribution in [0.2, 0.25) is 10.0 Å². The molecule has 4 nitrogen and oxygen atoms in total. The topological polar surface area (TPSA) is 50.7 Å². The number of carbonyl (C=O) groups excluding carboxylic acids is 1. The molecule has 0 aliphatic heterocycles. The van der Waals surface area contributed by atoms with Crippen LogP contribution in [0.3, 0.4) is 0 Å². The van der Waals surface area contributed by atoms with Crippen LogP contribution in [0, 0.1) is 0 Å². The zero-order chi connectivity index (χ0) is 19.9. The number of ether oxygens (including phenoxy) is 1.